The monoisotopic (exact) mass is 257 g/mol. The fraction of sp³-hybridized carbons (Fsp3) is 0.333. The first-order chi connectivity index (χ1) is 9.31. The van der Waals surface area contributed by atoms with E-state index in [0.717, 1.165) is 12.2 Å². The summed E-state index contributed by atoms with van der Waals surface area (Å²) in [6, 6.07) is 8.45. The van der Waals surface area contributed by atoms with E-state index in [1.54, 1.807) is 25.7 Å². The third-order valence-corrected chi connectivity index (χ3v) is 3.04. The maximum atomic E-state index is 5.21. The van der Waals surface area contributed by atoms with Gasteiger partial charge in [0.05, 0.1) is 12.3 Å². The summed E-state index contributed by atoms with van der Waals surface area (Å²) in [4.78, 5) is 8.39. The Balaban J connectivity index is 1.99. The number of ether oxygens (including phenoxy) is 1. The van der Waals surface area contributed by atoms with E-state index in [9.17, 15) is 0 Å². The summed E-state index contributed by atoms with van der Waals surface area (Å²) in [5, 5.41) is 3.46. The molecule has 0 bridgehead atoms. The molecule has 4 nitrogen and oxygen atoms in total. The molecule has 4 heteroatoms. The van der Waals surface area contributed by atoms with Gasteiger partial charge in [-0.2, -0.15) is 0 Å². The van der Waals surface area contributed by atoms with Crippen molar-refractivity contribution in [2.75, 3.05) is 7.11 Å². The molecule has 0 amide bonds. The molecule has 2 rings (SSSR count). The van der Waals surface area contributed by atoms with Gasteiger partial charge in [-0.3, -0.25) is 9.97 Å². The van der Waals surface area contributed by atoms with Gasteiger partial charge < -0.3 is 10.1 Å². The minimum absolute atomic E-state index is 0.171. The number of nitrogens with one attached hydrogen (secondary N) is 1. The number of hydrogen-bond donors (Lipinski definition) is 1. The van der Waals surface area contributed by atoms with Gasteiger partial charge in [0, 0.05) is 38.3 Å². The second kappa shape index (κ2) is 6.97. The highest BCUT2D eigenvalue weighted by molar-refractivity contribution is 5.26. The third-order valence-electron chi connectivity index (χ3n) is 3.04. The molecule has 0 saturated heterocycles. The fourth-order valence-electron chi connectivity index (χ4n) is 1.93. The summed E-state index contributed by atoms with van der Waals surface area (Å²) in [5.41, 5.74) is 3.41. The van der Waals surface area contributed by atoms with Gasteiger partial charge in [-0.15, -0.1) is 0 Å². The maximum absolute atomic E-state index is 5.21. The lowest BCUT2D eigenvalue weighted by Gasteiger charge is -2.15. The van der Waals surface area contributed by atoms with Crippen molar-refractivity contribution in [3.8, 4) is 0 Å². The zero-order chi connectivity index (χ0) is 13.5. The lowest BCUT2D eigenvalue weighted by Crippen LogP contribution is -2.20. The Morgan fingerprint density at radius 2 is 2.00 bits per heavy atom. The van der Waals surface area contributed by atoms with E-state index >= 15 is 0 Å². The Morgan fingerprint density at radius 3 is 2.68 bits per heavy atom. The molecule has 0 fully saturated rings. The summed E-state index contributed by atoms with van der Waals surface area (Å²) >= 11 is 0. The number of aromatic nitrogens is 2. The highest BCUT2D eigenvalue weighted by atomic mass is 16.5. The number of nitrogens with zero attached hydrogens (tertiary/aromatic N) is 2. The predicted molar refractivity (Wildman–Crippen MR) is 74.4 cm³/mol. The van der Waals surface area contributed by atoms with Gasteiger partial charge in [-0.1, -0.05) is 24.3 Å². The molecule has 0 aliphatic heterocycles. The predicted octanol–water partition coefficient (Wildman–Crippen LogP) is 2.47. The van der Waals surface area contributed by atoms with Crippen LogP contribution in [0, 0.1) is 0 Å². The first-order valence-electron chi connectivity index (χ1n) is 6.36. The van der Waals surface area contributed by atoms with Gasteiger partial charge in [0.1, 0.15) is 0 Å². The number of benzene rings is 1. The summed E-state index contributed by atoms with van der Waals surface area (Å²) < 4.78 is 5.21. The normalized spacial score (nSPS) is 12.3. The Hall–Kier alpha value is -1.78. The van der Waals surface area contributed by atoms with Crippen LogP contribution in [0.2, 0.25) is 0 Å². The van der Waals surface area contributed by atoms with Crippen LogP contribution >= 0.6 is 0 Å². The van der Waals surface area contributed by atoms with Crippen LogP contribution in [0.5, 0.6) is 0 Å². The van der Waals surface area contributed by atoms with Crippen LogP contribution in [0.4, 0.5) is 0 Å². The zero-order valence-corrected chi connectivity index (χ0v) is 11.3. The molecule has 1 atom stereocenters. The smallest absolute Gasteiger partial charge is 0.0753 e. The summed E-state index contributed by atoms with van der Waals surface area (Å²) in [6.07, 6.45) is 5.19. The quantitative estimate of drug-likeness (QED) is 0.863. The molecule has 0 spiro atoms. The van der Waals surface area contributed by atoms with Crippen molar-refractivity contribution in [3.05, 3.63) is 59.7 Å². The van der Waals surface area contributed by atoms with E-state index < -0.39 is 0 Å². The molecule has 0 aliphatic carbocycles. The number of methoxy groups -OCH3 is 1. The molecule has 0 aliphatic rings. The molecule has 100 valence electrons. The van der Waals surface area contributed by atoms with Gasteiger partial charge in [0.25, 0.3) is 0 Å². The molecule has 1 N–H and O–H groups in total. The van der Waals surface area contributed by atoms with Crippen molar-refractivity contribution in [2.45, 2.75) is 26.1 Å². The molecule has 1 unspecified atom stereocenters. The topological polar surface area (TPSA) is 47.0 Å². The average molecular weight is 257 g/mol. The molecule has 2 aromatic rings. The summed E-state index contributed by atoms with van der Waals surface area (Å²) in [6.45, 7) is 3.51. The van der Waals surface area contributed by atoms with Crippen molar-refractivity contribution < 1.29 is 4.74 Å². The van der Waals surface area contributed by atoms with Crippen molar-refractivity contribution in [1.29, 1.82) is 0 Å². The Morgan fingerprint density at radius 1 is 1.21 bits per heavy atom. The van der Waals surface area contributed by atoms with E-state index in [0.29, 0.717) is 6.61 Å². The van der Waals surface area contributed by atoms with Gasteiger partial charge >= 0.3 is 0 Å². The Bertz CT molecular complexity index is 502. The van der Waals surface area contributed by atoms with Crippen LogP contribution in [-0.4, -0.2) is 17.1 Å². The molecular weight excluding hydrogens is 238 g/mol. The van der Waals surface area contributed by atoms with Crippen LogP contribution < -0.4 is 5.32 Å². The molecule has 1 heterocycles. The highest BCUT2D eigenvalue weighted by Crippen LogP contribution is 2.12. The van der Waals surface area contributed by atoms with Crippen LogP contribution in [0.3, 0.4) is 0 Å². The average Bonchev–Trinajstić information content (AvgIpc) is 2.47. The largest absolute Gasteiger partial charge is 0.380 e. The minimum Gasteiger partial charge on any atom is -0.380 e. The van der Waals surface area contributed by atoms with Crippen LogP contribution in [-0.2, 0) is 17.9 Å². The third kappa shape index (κ3) is 3.84. The van der Waals surface area contributed by atoms with E-state index in [2.05, 4.69) is 34.3 Å². The second-order valence-electron chi connectivity index (χ2n) is 4.43. The van der Waals surface area contributed by atoms with Gasteiger partial charge in [-0.05, 0) is 18.1 Å². The molecular formula is C15H19N3O. The van der Waals surface area contributed by atoms with Crippen molar-refractivity contribution >= 4 is 0 Å². The fourth-order valence-corrected chi connectivity index (χ4v) is 1.93. The van der Waals surface area contributed by atoms with E-state index in [1.807, 2.05) is 12.1 Å². The summed E-state index contributed by atoms with van der Waals surface area (Å²) in [5.74, 6) is 0. The minimum atomic E-state index is 0.171. The molecule has 1 aromatic carbocycles. The second-order valence-corrected chi connectivity index (χ2v) is 4.43. The van der Waals surface area contributed by atoms with Gasteiger partial charge in [-0.25, -0.2) is 0 Å². The van der Waals surface area contributed by atoms with Crippen molar-refractivity contribution in [1.82, 2.24) is 15.3 Å². The zero-order valence-electron chi connectivity index (χ0n) is 11.3. The van der Waals surface area contributed by atoms with E-state index in [-0.39, 0.29) is 6.04 Å². The SMILES string of the molecule is COCc1ccccc1CNC(C)c1cnccn1. The Labute approximate surface area is 113 Å². The lowest BCUT2D eigenvalue weighted by molar-refractivity contribution is 0.184. The standard InChI is InChI=1S/C15H19N3O/c1-12(15-10-16-7-8-17-15)18-9-13-5-3-4-6-14(13)11-19-2/h3-8,10,12,18H,9,11H2,1-2H3. The molecule has 0 saturated carbocycles. The first-order valence-corrected chi connectivity index (χ1v) is 6.36. The number of hydrogen-bond acceptors (Lipinski definition) is 4. The highest BCUT2D eigenvalue weighted by Gasteiger charge is 2.07. The maximum Gasteiger partial charge on any atom is 0.0753 e. The number of rotatable bonds is 6. The molecule has 0 radical (unpaired) electrons. The van der Waals surface area contributed by atoms with Crippen molar-refractivity contribution in [2.24, 2.45) is 0 Å². The van der Waals surface area contributed by atoms with Crippen LogP contribution in [0.15, 0.2) is 42.9 Å². The van der Waals surface area contributed by atoms with E-state index in [4.69, 9.17) is 4.74 Å². The molecule has 19 heavy (non-hydrogen) atoms. The van der Waals surface area contributed by atoms with Crippen LogP contribution in [0.25, 0.3) is 0 Å². The molecule has 1 aromatic heterocycles. The summed E-state index contributed by atoms with van der Waals surface area (Å²) in [7, 11) is 1.71. The lowest BCUT2D eigenvalue weighted by atomic mass is 10.1. The van der Waals surface area contributed by atoms with Crippen molar-refractivity contribution in [3.63, 3.8) is 0 Å². The Kier molecular flexibility index (Phi) is 5.01. The van der Waals surface area contributed by atoms with Gasteiger partial charge in [0.2, 0.25) is 0 Å². The van der Waals surface area contributed by atoms with Crippen LogP contribution in [0.1, 0.15) is 29.8 Å². The van der Waals surface area contributed by atoms with Gasteiger partial charge in [0.15, 0.2) is 0 Å². The first kappa shape index (κ1) is 13.6. The van der Waals surface area contributed by atoms with E-state index in [1.165, 1.54) is 11.1 Å².